The van der Waals surface area contributed by atoms with Crippen LogP contribution in [0.4, 0.5) is 0 Å². The van der Waals surface area contributed by atoms with Gasteiger partial charge in [-0.15, -0.1) is 23.1 Å². The third-order valence-electron chi connectivity index (χ3n) is 1.97. The van der Waals surface area contributed by atoms with Crippen molar-refractivity contribution in [3.05, 3.63) is 16.5 Å². The molecule has 0 bridgehead atoms. The third-order valence-corrected chi connectivity index (χ3v) is 4.59. The van der Waals surface area contributed by atoms with E-state index in [4.69, 9.17) is 16.3 Å². The van der Waals surface area contributed by atoms with Crippen LogP contribution in [0.3, 0.4) is 0 Å². The standard InChI is InChI=1S/C9H12ClNOS2/c10-8-1-2-9(14-8)13-6-7-5-12-4-3-11-7/h1-2,7,11H,3-6H2. The summed E-state index contributed by atoms with van der Waals surface area (Å²) in [5.74, 6) is 1.05. The van der Waals surface area contributed by atoms with Crippen LogP contribution < -0.4 is 5.32 Å². The lowest BCUT2D eigenvalue weighted by Gasteiger charge is -2.22. The van der Waals surface area contributed by atoms with Gasteiger partial charge in [0.1, 0.15) is 0 Å². The summed E-state index contributed by atoms with van der Waals surface area (Å²) in [7, 11) is 0. The monoisotopic (exact) mass is 249 g/mol. The van der Waals surface area contributed by atoms with Gasteiger partial charge in [-0.05, 0) is 12.1 Å². The highest BCUT2D eigenvalue weighted by molar-refractivity contribution is 8.01. The number of thiophene rings is 1. The van der Waals surface area contributed by atoms with E-state index in [1.807, 2.05) is 17.8 Å². The summed E-state index contributed by atoms with van der Waals surface area (Å²) in [6.45, 7) is 2.63. The van der Waals surface area contributed by atoms with Crippen LogP contribution in [0.1, 0.15) is 0 Å². The molecular weight excluding hydrogens is 238 g/mol. The molecule has 1 aliphatic heterocycles. The Morgan fingerprint density at radius 1 is 1.64 bits per heavy atom. The predicted octanol–water partition coefficient (Wildman–Crippen LogP) is 2.48. The Morgan fingerprint density at radius 2 is 2.57 bits per heavy atom. The Bertz CT molecular complexity index is 286. The summed E-state index contributed by atoms with van der Waals surface area (Å²) < 4.78 is 7.52. The minimum absolute atomic E-state index is 0.481. The number of morpholine rings is 1. The van der Waals surface area contributed by atoms with E-state index >= 15 is 0 Å². The van der Waals surface area contributed by atoms with Crippen molar-refractivity contribution < 1.29 is 4.74 Å². The van der Waals surface area contributed by atoms with Crippen molar-refractivity contribution in [1.29, 1.82) is 0 Å². The molecule has 0 amide bonds. The molecule has 1 unspecified atom stereocenters. The summed E-state index contributed by atoms with van der Waals surface area (Å²) in [6.07, 6.45) is 0. The zero-order valence-corrected chi connectivity index (χ0v) is 10.1. The Kier molecular flexibility index (Phi) is 4.13. The molecule has 0 aliphatic carbocycles. The fourth-order valence-electron chi connectivity index (χ4n) is 1.28. The van der Waals surface area contributed by atoms with E-state index in [-0.39, 0.29) is 0 Å². The van der Waals surface area contributed by atoms with Gasteiger partial charge in [0.15, 0.2) is 0 Å². The van der Waals surface area contributed by atoms with Crippen LogP contribution in [0.25, 0.3) is 0 Å². The fourth-order valence-corrected chi connectivity index (χ4v) is 3.65. The van der Waals surface area contributed by atoms with Gasteiger partial charge in [-0.25, -0.2) is 0 Å². The summed E-state index contributed by atoms with van der Waals surface area (Å²) in [5, 5.41) is 3.42. The average Bonchev–Trinajstić information content (AvgIpc) is 2.63. The van der Waals surface area contributed by atoms with Gasteiger partial charge in [0.05, 0.1) is 21.8 Å². The van der Waals surface area contributed by atoms with E-state index in [9.17, 15) is 0 Å². The van der Waals surface area contributed by atoms with Crippen molar-refractivity contribution >= 4 is 34.7 Å². The normalized spacial score (nSPS) is 22.5. The maximum atomic E-state index is 5.85. The zero-order valence-electron chi connectivity index (χ0n) is 7.66. The number of thioether (sulfide) groups is 1. The summed E-state index contributed by atoms with van der Waals surface area (Å²) in [6, 6.07) is 4.50. The smallest absolute Gasteiger partial charge is 0.0940 e. The molecular formula is C9H12ClNOS2. The van der Waals surface area contributed by atoms with Crippen LogP contribution >= 0.6 is 34.7 Å². The third kappa shape index (κ3) is 3.14. The molecule has 1 aromatic rings. The van der Waals surface area contributed by atoms with Crippen LogP contribution in [0, 0.1) is 0 Å². The summed E-state index contributed by atoms with van der Waals surface area (Å²) in [4.78, 5) is 0. The number of hydrogen-bond acceptors (Lipinski definition) is 4. The number of nitrogens with one attached hydrogen (secondary N) is 1. The predicted molar refractivity (Wildman–Crippen MR) is 62.7 cm³/mol. The van der Waals surface area contributed by atoms with E-state index in [0.29, 0.717) is 6.04 Å². The van der Waals surface area contributed by atoms with Gasteiger partial charge in [-0.2, -0.15) is 0 Å². The molecule has 1 N–H and O–H groups in total. The molecule has 2 nitrogen and oxygen atoms in total. The van der Waals surface area contributed by atoms with Crippen molar-refractivity contribution in [3.8, 4) is 0 Å². The SMILES string of the molecule is Clc1ccc(SCC2COCCN2)s1. The lowest BCUT2D eigenvalue weighted by atomic mass is 10.3. The van der Waals surface area contributed by atoms with Crippen molar-refractivity contribution in [1.82, 2.24) is 5.32 Å². The number of rotatable bonds is 3. The molecule has 1 aliphatic rings. The highest BCUT2D eigenvalue weighted by atomic mass is 35.5. The van der Waals surface area contributed by atoms with Crippen molar-refractivity contribution in [3.63, 3.8) is 0 Å². The van der Waals surface area contributed by atoms with Crippen molar-refractivity contribution in [2.75, 3.05) is 25.5 Å². The van der Waals surface area contributed by atoms with Crippen LogP contribution in [-0.4, -0.2) is 31.6 Å². The molecule has 1 atom stereocenters. The van der Waals surface area contributed by atoms with Gasteiger partial charge in [0.25, 0.3) is 0 Å². The highest BCUT2D eigenvalue weighted by Gasteiger charge is 2.13. The van der Waals surface area contributed by atoms with Crippen LogP contribution in [0.2, 0.25) is 4.34 Å². The van der Waals surface area contributed by atoms with Crippen molar-refractivity contribution in [2.45, 2.75) is 10.3 Å². The minimum Gasteiger partial charge on any atom is -0.378 e. The molecule has 1 saturated heterocycles. The molecule has 2 heterocycles. The van der Waals surface area contributed by atoms with Gasteiger partial charge in [-0.1, -0.05) is 11.6 Å². The second-order valence-corrected chi connectivity index (χ2v) is 6.13. The Morgan fingerprint density at radius 3 is 3.21 bits per heavy atom. The minimum atomic E-state index is 0.481. The molecule has 0 aromatic carbocycles. The van der Waals surface area contributed by atoms with Gasteiger partial charge in [-0.3, -0.25) is 0 Å². The van der Waals surface area contributed by atoms with E-state index in [1.165, 1.54) is 4.21 Å². The van der Waals surface area contributed by atoms with Gasteiger partial charge in [0, 0.05) is 18.3 Å². The molecule has 0 spiro atoms. The van der Waals surface area contributed by atoms with Crippen molar-refractivity contribution in [2.24, 2.45) is 0 Å². The fraction of sp³-hybridized carbons (Fsp3) is 0.556. The molecule has 2 rings (SSSR count). The molecule has 14 heavy (non-hydrogen) atoms. The first-order chi connectivity index (χ1) is 6.84. The Balaban J connectivity index is 1.76. The Labute approximate surface area is 97.0 Å². The van der Waals surface area contributed by atoms with E-state index in [1.54, 1.807) is 11.3 Å². The lowest BCUT2D eigenvalue weighted by Crippen LogP contribution is -2.42. The first-order valence-electron chi connectivity index (χ1n) is 4.54. The maximum absolute atomic E-state index is 5.85. The van der Waals surface area contributed by atoms with Crippen LogP contribution in [-0.2, 0) is 4.74 Å². The lowest BCUT2D eigenvalue weighted by molar-refractivity contribution is 0.0837. The molecule has 1 aromatic heterocycles. The Hall–Kier alpha value is 0.260. The first-order valence-corrected chi connectivity index (χ1v) is 6.72. The van der Waals surface area contributed by atoms with Gasteiger partial charge < -0.3 is 10.1 Å². The van der Waals surface area contributed by atoms with E-state index in [0.717, 1.165) is 29.8 Å². The highest BCUT2D eigenvalue weighted by Crippen LogP contribution is 2.30. The van der Waals surface area contributed by atoms with Gasteiger partial charge in [0.2, 0.25) is 0 Å². The summed E-state index contributed by atoms with van der Waals surface area (Å²) >= 11 is 9.32. The van der Waals surface area contributed by atoms with Gasteiger partial charge >= 0.3 is 0 Å². The molecule has 0 radical (unpaired) electrons. The molecule has 78 valence electrons. The zero-order chi connectivity index (χ0) is 9.80. The largest absolute Gasteiger partial charge is 0.378 e. The second-order valence-electron chi connectivity index (χ2n) is 3.10. The maximum Gasteiger partial charge on any atom is 0.0940 e. The molecule has 5 heteroatoms. The molecule has 1 fully saturated rings. The average molecular weight is 250 g/mol. The van der Waals surface area contributed by atoms with Crippen LogP contribution in [0.15, 0.2) is 16.3 Å². The first kappa shape index (κ1) is 10.8. The number of halogens is 1. The second kappa shape index (κ2) is 5.37. The van der Waals surface area contributed by atoms with E-state index in [2.05, 4.69) is 11.4 Å². The van der Waals surface area contributed by atoms with Crippen LogP contribution in [0.5, 0.6) is 0 Å². The van der Waals surface area contributed by atoms with E-state index < -0.39 is 0 Å². The molecule has 0 saturated carbocycles. The topological polar surface area (TPSA) is 21.3 Å². The number of ether oxygens (including phenoxy) is 1. The quantitative estimate of drug-likeness (QED) is 0.832. The summed E-state index contributed by atoms with van der Waals surface area (Å²) in [5.41, 5.74) is 0. The number of hydrogen-bond donors (Lipinski definition) is 1.